The Kier molecular flexibility index (Phi) is 17.6. The first-order chi connectivity index (χ1) is 27.0. The van der Waals surface area contributed by atoms with E-state index in [-0.39, 0.29) is 31.6 Å². The number of aliphatic hydroxyl groups is 1. The number of aliphatic hydroxyl groups excluding tert-OH is 1. The molecule has 0 aliphatic rings. The molecule has 5 amide bonds. The van der Waals surface area contributed by atoms with Crippen LogP contribution in [0.15, 0.2) is 60.8 Å². The summed E-state index contributed by atoms with van der Waals surface area (Å²) in [5.41, 5.74) is 8.23. The summed E-state index contributed by atoms with van der Waals surface area (Å²) in [6.45, 7) is 6.23. The summed E-state index contributed by atoms with van der Waals surface area (Å²) in [5.74, 6) is -7.38. The van der Waals surface area contributed by atoms with E-state index >= 15 is 0 Å². The van der Waals surface area contributed by atoms with E-state index in [1.54, 1.807) is 70.3 Å². The molecule has 0 unspecified atom stereocenters. The number of nitrogens with one attached hydrogen (secondary N) is 6. The lowest BCUT2D eigenvalue weighted by molar-refractivity contribution is -0.143. The molecule has 1 aromatic heterocycles. The molecule has 0 aliphatic heterocycles. The maximum atomic E-state index is 13.8. The van der Waals surface area contributed by atoms with Gasteiger partial charge < -0.3 is 52.6 Å². The lowest BCUT2D eigenvalue weighted by Crippen LogP contribution is -2.61. The molecule has 0 aliphatic carbocycles. The number of hydrogen-bond donors (Lipinski definition) is 10. The minimum Gasteiger partial charge on any atom is -0.481 e. The van der Waals surface area contributed by atoms with E-state index in [2.05, 4.69) is 31.6 Å². The first-order valence-corrected chi connectivity index (χ1v) is 19.0. The highest BCUT2D eigenvalue weighted by molar-refractivity contribution is 5.97. The van der Waals surface area contributed by atoms with Crippen molar-refractivity contribution in [3.63, 3.8) is 0 Å². The molecule has 0 bridgehead atoms. The summed E-state index contributed by atoms with van der Waals surface area (Å²) in [4.78, 5) is 94.2. The van der Waals surface area contributed by atoms with Gasteiger partial charge in [0.2, 0.25) is 29.5 Å². The topological polar surface area (TPSA) is 282 Å². The first-order valence-electron chi connectivity index (χ1n) is 19.0. The van der Waals surface area contributed by atoms with Crippen molar-refractivity contribution in [2.45, 2.75) is 102 Å². The number of nitrogens with two attached hydrogens (primary N) is 1. The fourth-order valence-electron chi connectivity index (χ4n) is 6.16. The van der Waals surface area contributed by atoms with Crippen LogP contribution >= 0.6 is 0 Å². The van der Waals surface area contributed by atoms with Crippen molar-refractivity contribution in [1.29, 1.82) is 0 Å². The summed E-state index contributed by atoms with van der Waals surface area (Å²) < 4.78 is 0. The van der Waals surface area contributed by atoms with E-state index in [0.717, 1.165) is 16.5 Å². The molecule has 0 saturated carbocycles. The van der Waals surface area contributed by atoms with Gasteiger partial charge in [0.1, 0.15) is 30.2 Å². The Morgan fingerprint density at radius 1 is 0.702 bits per heavy atom. The average Bonchev–Trinajstić information content (AvgIpc) is 3.58. The Labute approximate surface area is 330 Å². The van der Waals surface area contributed by atoms with Gasteiger partial charge in [-0.15, -0.1) is 0 Å². The quantitative estimate of drug-likeness (QED) is 0.0639. The SMILES string of the molecule is CC[C@H](C)[C@H](NC(=O)[C@H](CC(C)C)NC(=O)[C@H](CO)NC(=O)[C@@H](N)Cc1ccccc1)C(=O)N[C@@H](CCC(=O)O)C(=O)N[C@@H](Cc1c[nH]c2ccccc12)C(=O)O. The molecule has 17 heteroatoms. The lowest BCUT2D eigenvalue weighted by atomic mass is 9.96. The van der Waals surface area contributed by atoms with Crippen molar-refractivity contribution in [2.75, 3.05) is 6.61 Å². The third-order valence-corrected chi connectivity index (χ3v) is 9.58. The predicted molar refractivity (Wildman–Crippen MR) is 210 cm³/mol. The van der Waals surface area contributed by atoms with E-state index in [1.807, 2.05) is 18.2 Å². The maximum absolute atomic E-state index is 13.8. The molecule has 3 rings (SSSR count). The number of aromatic amines is 1. The molecule has 2 aromatic carbocycles. The van der Waals surface area contributed by atoms with Gasteiger partial charge in [0.25, 0.3) is 0 Å². The Hall–Kier alpha value is -5.81. The standard InChI is InChI=1S/C40H55N7O10/c1-5-23(4)34(47-37(53)30(17-22(2)3)44-38(54)32(21-48)46-35(51)27(41)18-24-11-7-6-8-12-24)39(55)43-29(15-16-33(49)50)36(52)45-31(40(56)57)19-25-20-42-28-14-10-9-13-26(25)28/h6-14,20,22-23,27,29-32,34,42,48H,5,15-19,21,41H2,1-4H3,(H,43,55)(H,44,54)(H,45,52)(H,46,51)(H,47,53)(H,49,50)(H,56,57)/t23-,27-,29-,30-,31-,32-,34-/m0/s1. The van der Waals surface area contributed by atoms with Gasteiger partial charge in [-0.25, -0.2) is 4.79 Å². The van der Waals surface area contributed by atoms with Gasteiger partial charge in [-0.2, -0.15) is 0 Å². The van der Waals surface area contributed by atoms with Gasteiger partial charge in [0.15, 0.2) is 0 Å². The number of aromatic nitrogens is 1. The number of H-pyrrole nitrogens is 1. The third-order valence-electron chi connectivity index (χ3n) is 9.58. The Balaban J connectivity index is 1.75. The average molecular weight is 794 g/mol. The number of amides is 5. The van der Waals surface area contributed by atoms with Crippen LogP contribution in [0.2, 0.25) is 0 Å². The summed E-state index contributed by atoms with van der Waals surface area (Å²) in [7, 11) is 0. The lowest BCUT2D eigenvalue weighted by Gasteiger charge is -2.29. The van der Waals surface area contributed by atoms with E-state index in [4.69, 9.17) is 5.73 Å². The number of rotatable bonds is 23. The molecule has 57 heavy (non-hydrogen) atoms. The Morgan fingerprint density at radius 3 is 1.89 bits per heavy atom. The van der Waals surface area contributed by atoms with Crippen molar-refractivity contribution < 1.29 is 48.9 Å². The highest BCUT2D eigenvalue weighted by Crippen LogP contribution is 2.19. The van der Waals surface area contributed by atoms with Gasteiger partial charge in [-0.05, 0) is 48.3 Å². The van der Waals surface area contributed by atoms with Crippen LogP contribution in [0.3, 0.4) is 0 Å². The van der Waals surface area contributed by atoms with Crippen LogP contribution in [0.1, 0.15) is 64.5 Å². The zero-order valence-electron chi connectivity index (χ0n) is 32.6. The van der Waals surface area contributed by atoms with E-state index in [9.17, 15) is 48.9 Å². The molecule has 310 valence electrons. The second-order valence-electron chi connectivity index (χ2n) is 14.6. The number of carbonyl (C=O) groups is 7. The van der Waals surface area contributed by atoms with Crippen LogP contribution in [0.5, 0.6) is 0 Å². The second kappa shape index (κ2) is 22.1. The summed E-state index contributed by atoms with van der Waals surface area (Å²) in [6, 6.07) is 8.27. The molecule has 0 fully saturated rings. The van der Waals surface area contributed by atoms with Crippen LogP contribution in [0.4, 0.5) is 0 Å². The Morgan fingerprint density at radius 2 is 1.28 bits per heavy atom. The summed E-state index contributed by atoms with van der Waals surface area (Å²) in [6.07, 6.45) is 1.24. The van der Waals surface area contributed by atoms with Crippen LogP contribution in [-0.4, -0.2) is 105 Å². The molecule has 0 radical (unpaired) electrons. The van der Waals surface area contributed by atoms with Crippen LogP contribution in [0.25, 0.3) is 10.9 Å². The molecular weight excluding hydrogens is 738 g/mol. The monoisotopic (exact) mass is 793 g/mol. The number of para-hydroxylation sites is 1. The first kappa shape index (κ1) is 45.6. The number of aliphatic carboxylic acids is 2. The molecular formula is C40H55N7O10. The molecule has 3 aromatic rings. The number of benzene rings is 2. The van der Waals surface area contributed by atoms with Gasteiger partial charge in [0, 0.05) is 29.9 Å². The molecule has 1 heterocycles. The fourth-order valence-corrected chi connectivity index (χ4v) is 6.16. The molecule has 7 atom stereocenters. The second-order valence-corrected chi connectivity index (χ2v) is 14.6. The van der Waals surface area contributed by atoms with Crippen molar-refractivity contribution >= 4 is 52.4 Å². The molecule has 11 N–H and O–H groups in total. The third kappa shape index (κ3) is 14.0. The largest absolute Gasteiger partial charge is 0.481 e. The van der Waals surface area contributed by atoms with Gasteiger partial charge in [-0.3, -0.25) is 28.8 Å². The normalized spacial score (nSPS) is 14.9. The zero-order valence-corrected chi connectivity index (χ0v) is 32.6. The van der Waals surface area contributed by atoms with Crippen molar-refractivity contribution in [3.8, 4) is 0 Å². The van der Waals surface area contributed by atoms with Crippen LogP contribution in [0, 0.1) is 11.8 Å². The van der Waals surface area contributed by atoms with E-state index in [1.165, 1.54) is 0 Å². The van der Waals surface area contributed by atoms with Crippen molar-refractivity contribution in [2.24, 2.45) is 17.6 Å². The number of fused-ring (bicyclic) bond motifs is 1. The highest BCUT2D eigenvalue weighted by Gasteiger charge is 2.35. The predicted octanol–water partition coefficient (Wildman–Crippen LogP) is 0.738. The van der Waals surface area contributed by atoms with Crippen molar-refractivity contribution in [1.82, 2.24) is 31.6 Å². The van der Waals surface area contributed by atoms with Gasteiger partial charge in [-0.1, -0.05) is 82.6 Å². The minimum atomic E-state index is -1.49. The summed E-state index contributed by atoms with van der Waals surface area (Å²) >= 11 is 0. The van der Waals surface area contributed by atoms with Crippen molar-refractivity contribution in [3.05, 3.63) is 71.9 Å². The fraction of sp³-hybridized carbons (Fsp3) is 0.475. The number of carboxylic acid groups (broad SMARTS) is 2. The highest BCUT2D eigenvalue weighted by atomic mass is 16.4. The van der Waals surface area contributed by atoms with Crippen LogP contribution < -0.4 is 32.3 Å². The van der Waals surface area contributed by atoms with Gasteiger partial charge >= 0.3 is 11.9 Å². The van der Waals surface area contributed by atoms with E-state index < -0.39 is 96.7 Å². The Bertz CT molecular complexity index is 1850. The minimum absolute atomic E-state index is 0.0999. The maximum Gasteiger partial charge on any atom is 0.326 e. The summed E-state index contributed by atoms with van der Waals surface area (Å²) in [5, 5.41) is 42.7. The van der Waals surface area contributed by atoms with Gasteiger partial charge in [0.05, 0.1) is 12.6 Å². The zero-order chi connectivity index (χ0) is 42.2. The number of carboxylic acids is 2. The molecule has 0 saturated heterocycles. The van der Waals surface area contributed by atoms with Crippen LogP contribution in [-0.2, 0) is 46.4 Å². The smallest absolute Gasteiger partial charge is 0.326 e. The molecule has 0 spiro atoms. The number of hydrogen-bond acceptors (Lipinski definition) is 9. The number of carbonyl (C=O) groups excluding carboxylic acids is 5. The van der Waals surface area contributed by atoms with E-state index in [0.29, 0.717) is 12.0 Å². The molecule has 17 nitrogen and oxygen atoms in total.